The van der Waals surface area contributed by atoms with Crippen LogP contribution < -0.4 is 4.90 Å². The van der Waals surface area contributed by atoms with Crippen molar-refractivity contribution in [3.63, 3.8) is 0 Å². The molecule has 0 amide bonds. The zero-order chi connectivity index (χ0) is 28.3. The summed E-state index contributed by atoms with van der Waals surface area (Å²) < 4.78 is 12.9. The van der Waals surface area contributed by atoms with E-state index in [0.29, 0.717) is 0 Å². The van der Waals surface area contributed by atoms with Crippen LogP contribution in [0.25, 0.3) is 65.9 Å². The summed E-state index contributed by atoms with van der Waals surface area (Å²) in [7, 11) is 0. The van der Waals surface area contributed by atoms with E-state index in [-0.39, 0.29) is 0 Å². The summed E-state index contributed by atoms with van der Waals surface area (Å²) in [5.41, 5.74) is 8.37. The van der Waals surface area contributed by atoms with Crippen molar-refractivity contribution < 1.29 is 8.83 Å². The van der Waals surface area contributed by atoms with Crippen molar-refractivity contribution in [1.29, 1.82) is 0 Å². The first-order valence-electron chi connectivity index (χ1n) is 14.4. The number of hydrogen-bond acceptors (Lipinski definition) is 4. The Labute approximate surface area is 247 Å². The number of hydrogen-bond donors (Lipinski definition) is 0. The molecule has 4 heteroatoms. The highest BCUT2D eigenvalue weighted by Crippen LogP contribution is 2.43. The number of benzene rings is 6. The molecule has 0 fully saturated rings. The molecular formula is C39H24N2O2. The first kappa shape index (κ1) is 23.8. The molecule has 0 saturated heterocycles. The highest BCUT2D eigenvalue weighted by molar-refractivity contribution is 6.14. The molecule has 3 aromatic heterocycles. The molecule has 4 nitrogen and oxygen atoms in total. The van der Waals surface area contributed by atoms with Crippen molar-refractivity contribution in [2.24, 2.45) is 0 Å². The number of anilines is 3. The van der Waals surface area contributed by atoms with Crippen molar-refractivity contribution in [2.75, 3.05) is 4.90 Å². The SMILES string of the molecule is c1ccc(-c2ccc(N(c3ccc4oc5c6ccccc6ccc5c4n3)c3cccc4c3oc3ccccc34)cc2)cc1. The van der Waals surface area contributed by atoms with E-state index in [1.54, 1.807) is 0 Å². The maximum Gasteiger partial charge on any atom is 0.159 e. The van der Waals surface area contributed by atoms with Crippen LogP contribution in [0, 0.1) is 0 Å². The van der Waals surface area contributed by atoms with Gasteiger partial charge in [0.1, 0.15) is 22.5 Å². The predicted molar refractivity (Wildman–Crippen MR) is 176 cm³/mol. The van der Waals surface area contributed by atoms with E-state index in [1.807, 2.05) is 48.5 Å². The fourth-order valence-corrected chi connectivity index (χ4v) is 6.22. The fraction of sp³-hybridized carbons (Fsp3) is 0. The van der Waals surface area contributed by atoms with Crippen molar-refractivity contribution in [3.05, 3.63) is 146 Å². The Bertz CT molecular complexity index is 2450. The van der Waals surface area contributed by atoms with Gasteiger partial charge in [-0.15, -0.1) is 0 Å². The van der Waals surface area contributed by atoms with Gasteiger partial charge < -0.3 is 8.83 Å². The van der Waals surface area contributed by atoms with E-state index >= 15 is 0 Å². The summed E-state index contributed by atoms with van der Waals surface area (Å²) >= 11 is 0. The minimum Gasteiger partial charge on any atom is -0.454 e. The molecule has 0 N–H and O–H groups in total. The number of nitrogens with zero attached hydrogens (tertiary/aromatic N) is 2. The fourth-order valence-electron chi connectivity index (χ4n) is 6.22. The lowest BCUT2D eigenvalue weighted by molar-refractivity contribution is 0.669. The Morgan fingerprint density at radius 1 is 0.442 bits per heavy atom. The molecule has 9 aromatic rings. The van der Waals surface area contributed by atoms with Crippen LogP contribution in [0.3, 0.4) is 0 Å². The Balaban J connectivity index is 1.28. The number of pyridine rings is 1. The molecule has 0 spiro atoms. The van der Waals surface area contributed by atoms with Gasteiger partial charge in [0.15, 0.2) is 11.2 Å². The molecule has 0 atom stereocenters. The highest BCUT2D eigenvalue weighted by Gasteiger charge is 2.22. The average Bonchev–Trinajstić information content (AvgIpc) is 3.65. The van der Waals surface area contributed by atoms with Crippen LogP contribution in [0.1, 0.15) is 0 Å². The van der Waals surface area contributed by atoms with Crippen molar-refractivity contribution in [2.45, 2.75) is 0 Å². The lowest BCUT2D eigenvalue weighted by Crippen LogP contribution is -2.11. The second kappa shape index (κ2) is 9.33. The van der Waals surface area contributed by atoms with Gasteiger partial charge in [0.25, 0.3) is 0 Å². The van der Waals surface area contributed by atoms with Crippen molar-refractivity contribution in [1.82, 2.24) is 4.98 Å². The Hall–Kier alpha value is -5.87. The number of fused-ring (bicyclic) bond motifs is 8. The summed E-state index contributed by atoms with van der Waals surface area (Å²) in [6, 6.07) is 50.1. The largest absolute Gasteiger partial charge is 0.454 e. The normalized spacial score (nSPS) is 11.7. The third-order valence-electron chi connectivity index (χ3n) is 8.28. The molecule has 9 rings (SSSR count). The first-order valence-corrected chi connectivity index (χ1v) is 14.4. The van der Waals surface area contributed by atoms with Crippen molar-refractivity contribution >= 4 is 72.0 Å². The summed E-state index contributed by atoms with van der Waals surface area (Å²) in [6.07, 6.45) is 0. The van der Waals surface area contributed by atoms with E-state index < -0.39 is 0 Å². The van der Waals surface area contributed by atoms with Crippen LogP contribution in [-0.2, 0) is 0 Å². The summed E-state index contributed by atoms with van der Waals surface area (Å²) in [5, 5.41) is 5.39. The molecule has 0 aliphatic carbocycles. The molecule has 0 aliphatic rings. The molecule has 0 radical (unpaired) electrons. The number of furan rings is 2. The zero-order valence-electron chi connectivity index (χ0n) is 23.1. The second-order valence-electron chi connectivity index (χ2n) is 10.8. The average molecular weight is 553 g/mol. The van der Waals surface area contributed by atoms with Gasteiger partial charge in [0.2, 0.25) is 0 Å². The number of para-hydroxylation sites is 2. The minimum absolute atomic E-state index is 0.761. The van der Waals surface area contributed by atoms with Crippen LogP contribution in [0.4, 0.5) is 17.2 Å². The second-order valence-corrected chi connectivity index (χ2v) is 10.8. The smallest absolute Gasteiger partial charge is 0.159 e. The summed E-state index contributed by atoms with van der Waals surface area (Å²) in [4.78, 5) is 7.43. The molecule has 43 heavy (non-hydrogen) atoms. The first-order chi connectivity index (χ1) is 21.3. The maximum atomic E-state index is 6.50. The van der Waals surface area contributed by atoms with Gasteiger partial charge in [-0.1, -0.05) is 103 Å². The van der Waals surface area contributed by atoms with Gasteiger partial charge in [0.05, 0.1) is 5.69 Å². The molecule has 0 saturated carbocycles. The number of rotatable bonds is 4. The molecular weight excluding hydrogens is 528 g/mol. The number of aromatic nitrogens is 1. The lowest BCUT2D eigenvalue weighted by atomic mass is 10.0. The molecule has 0 aliphatic heterocycles. The van der Waals surface area contributed by atoms with E-state index in [4.69, 9.17) is 13.8 Å². The van der Waals surface area contributed by atoms with Crippen molar-refractivity contribution in [3.8, 4) is 11.1 Å². The minimum atomic E-state index is 0.761. The lowest BCUT2D eigenvalue weighted by Gasteiger charge is -2.24. The Morgan fingerprint density at radius 3 is 2.05 bits per heavy atom. The predicted octanol–water partition coefficient (Wildman–Crippen LogP) is 11.2. The molecule has 202 valence electrons. The molecule has 0 unspecified atom stereocenters. The van der Waals surface area contributed by atoms with Crippen LogP contribution in [0.15, 0.2) is 154 Å². The molecule has 3 heterocycles. The molecule has 6 aromatic carbocycles. The van der Waals surface area contributed by atoms with E-state index in [0.717, 1.165) is 77.5 Å². The van der Waals surface area contributed by atoms with Gasteiger partial charge in [-0.3, -0.25) is 4.90 Å². The maximum absolute atomic E-state index is 6.50. The van der Waals surface area contributed by atoms with Crippen LogP contribution in [0.2, 0.25) is 0 Å². The topological polar surface area (TPSA) is 42.4 Å². The van der Waals surface area contributed by atoms with Crippen LogP contribution in [-0.4, -0.2) is 4.98 Å². The third-order valence-corrected chi connectivity index (χ3v) is 8.28. The van der Waals surface area contributed by atoms with E-state index in [1.165, 1.54) is 5.56 Å². The van der Waals surface area contributed by atoms with Crippen LogP contribution >= 0.6 is 0 Å². The molecule has 0 bridgehead atoms. The van der Waals surface area contributed by atoms with E-state index in [9.17, 15) is 0 Å². The third kappa shape index (κ3) is 3.74. The monoisotopic (exact) mass is 552 g/mol. The summed E-state index contributed by atoms with van der Waals surface area (Å²) in [6.45, 7) is 0. The van der Waals surface area contributed by atoms with Gasteiger partial charge >= 0.3 is 0 Å². The quantitative estimate of drug-likeness (QED) is 0.218. The van der Waals surface area contributed by atoms with Gasteiger partial charge in [-0.05, 0) is 59.0 Å². The summed E-state index contributed by atoms with van der Waals surface area (Å²) in [5.74, 6) is 0.781. The van der Waals surface area contributed by atoms with Gasteiger partial charge in [-0.25, -0.2) is 4.98 Å². The highest BCUT2D eigenvalue weighted by atomic mass is 16.3. The zero-order valence-corrected chi connectivity index (χ0v) is 23.1. The van der Waals surface area contributed by atoms with Gasteiger partial charge in [0, 0.05) is 27.2 Å². The standard InChI is InChI=1S/C39H24N2O2/c1-2-9-25(10-3-1)26-17-20-28(21-18-26)41(33-15-8-14-31-30-13-6-7-16-34(30)42-39(31)33)36-24-23-35-37(40-36)32-22-19-27-11-4-5-12-29(27)38(32)43-35/h1-24H. The van der Waals surface area contributed by atoms with Crippen LogP contribution in [0.5, 0.6) is 0 Å². The Kier molecular flexibility index (Phi) is 5.16. The van der Waals surface area contributed by atoms with E-state index in [2.05, 4.69) is 102 Å². The Morgan fingerprint density at radius 2 is 1.16 bits per heavy atom. The van der Waals surface area contributed by atoms with Gasteiger partial charge in [-0.2, -0.15) is 0 Å².